The van der Waals surface area contributed by atoms with Gasteiger partial charge in [0, 0.05) is 17.5 Å². The van der Waals surface area contributed by atoms with E-state index in [-0.39, 0.29) is 16.1 Å². The smallest absolute Gasteiger partial charge is 0.269 e. The van der Waals surface area contributed by atoms with Gasteiger partial charge < -0.3 is 5.11 Å². The lowest BCUT2D eigenvalue weighted by Crippen LogP contribution is -2.43. The summed E-state index contributed by atoms with van der Waals surface area (Å²) in [7, 11) is -4.09. The summed E-state index contributed by atoms with van der Waals surface area (Å²) in [5, 5.41) is 22.9. The molecule has 1 unspecified atom stereocenters. The summed E-state index contributed by atoms with van der Waals surface area (Å²) in [5.41, 5.74) is -0.0373. The van der Waals surface area contributed by atoms with Crippen molar-refractivity contribution in [2.75, 3.05) is 0 Å². The number of hydrogen-bond acceptors (Lipinski definition) is 5. The Morgan fingerprint density at radius 1 is 1.00 bits per heavy atom. The summed E-state index contributed by atoms with van der Waals surface area (Å²) in [6, 6.07) is 13.7. The van der Waals surface area contributed by atoms with Gasteiger partial charge in [-0.2, -0.15) is 4.72 Å². The van der Waals surface area contributed by atoms with Crippen LogP contribution in [0.5, 0.6) is 0 Å². The average molecular weight is 396 g/mol. The molecule has 0 fully saturated rings. The topological polar surface area (TPSA) is 110 Å². The van der Waals surface area contributed by atoms with Crippen LogP contribution in [0.25, 0.3) is 22.9 Å². The quantitative estimate of drug-likeness (QED) is 0.305. The summed E-state index contributed by atoms with van der Waals surface area (Å²) >= 11 is 0. The molecule has 28 heavy (non-hydrogen) atoms. The highest BCUT2D eigenvalue weighted by Gasteiger charge is 2.32. The molecule has 3 aromatic rings. The van der Waals surface area contributed by atoms with Crippen molar-refractivity contribution < 1.29 is 18.4 Å². The van der Waals surface area contributed by atoms with E-state index in [0.717, 1.165) is 16.5 Å². The first kappa shape index (κ1) is 18.3. The largest absolute Gasteiger partial charge is 0.371 e. The van der Waals surface area contributed by atoms with Crippen LogP contribution in [0.3, 0.4) is 0 Å². The second kappa shape index (κ2) is 6.23. The number of benzene rings is 3. The molecule has 0 saturated carbocycles. The SMILES string of the molecule is CC(O)(NS(=O)(=O)c1ccc2c3c(cccc13)C=C2)c1ccc([N+](=O)[O-])cc1. The first-order chi connectivity index (χ1) is 13.2. The minimum atomic E-state index is -4.09. The van der Waals surface area contributed by atoms with E-state index in [2.05, 4.69) is 4.72 Å². The van der Waals surface area contributed by atoms with Crippen LogP contribution < -0.4 is 4.72 Å². The standard InChI is InChI=1S/C20H16N2O5S/c1-20(23,15-8-10-16(11-9-15)22(24)25)21-28(26,27)18-12-7-14-6-5-13-3-2-4-17(18)19(13)14/h2-12,21,23H,1H3. The maximum atomic E-state index is 13.1. The highest BCUT2D eigenvalue weighted by Crippen LogP contribution is 2.35. The third-order valence-corrected chi connectivity index (χ3v) is 6.37. The Bertz CT molecular complexity index is 1230. The molecule has 1 aliphatic carbocycles. The summed E-state index contributed by atoms with van der Waals surface area (Å²) in [6.07, 6.45) is 3.85. The Labute approximate surface area is 161 Å². The van der Waals surface area contributed by atoms with Crippen molar-refractivity contribution >= 4 is 38.6 Å². The number of non-ortho nitro benzene ring substituents is 1. The molecule has 0 spiro atoms. The molecule has 0 aliphatic heterocycles. The van der Waals surface area contributed by atoms with Gasteiger partial charge in [0.15, 0.2) is 5.72 Å². The molecule has 1 aliphatic rings. The molecule has 1 atom stereocenters. The number of nitro groups is 1. The lowest BCUT2D eigenvalue weighted by molar-refractivity contribution is -0.384. The molecule has 0 aromatic heterocycles. The number of rotatable bonds is 5. The predicted molar refractivity (Wildman–Crippen MR) is 106 cm³/mol. The van der Waals surface area contributed by atoms with Crippen molar-refractivity contribution in [1.82, 2.24) is 4.72 Å². The van der Waals surface area contributed by atoms with Gasteiger partial charge in [-0.05, 0) is 47.2 Å². The molecule has 0 heterocycles. The van der Waals surface area contributed by atoms with Crippen molar-refractivity contribution in [1.29, 1.82) is 0 Å². The average Bonchev–Trinajstić information content (AvgIpc) is 3.06. The van der Waals surface area contributed by atoms with Gasteiger partial charge in [-0.15, -0.1) is 0 Å². The van der Waals surface area contributed by atoms with E-state index >= 15 is 0 Å². The second-order valence-corrected chi connectivity index (χ2v) is 8.39. The van der Waals surface area contributed by atoms with Crippen LogP contribution in [0.1, 0.15) is 23.6 Å². The third kappa shape index (κ3) is 2.97. The molecular weight excluding hydrogens is 380 g/mol. The van der Waals surface area contributed by atoms with Crippen molar-refractivity contribution in [3.05, 3.63) is 81.4 Å². The highest BCUT2D eigenvalue weighted by molar-refractivity contribution is 7.89. The van der Waals surface area contributed by atoms with Gasteiger partial charge in [-0.3, -0.25) is 10.1 Å². The van der Waals surface area contributed by atoms with E-state index in [0.29, 0.717) is 5.39 Å². The maximum Gasteiger partial charge on any atom is 0.269 e. The van der Waals surface area contributed by atoms with Crippen LogP contribution in [0.2, 0.25) is 0 Å². The minimum absolute atomic E-state index is 0.0546. The molecule has 4 rings (SSSR count). The van der Waals surface area contributed by atoms with E-state index in [1.807, 2.05) is 18.2 Å². The van der Waals surface area contributed by atoms with Gasteiger partial charge in [0.1, 0.15) is 0 Å². The van der Waals surface area contributed by atoms with Gasteiger partial charge in [0.25, 0.3) is 5.69 Å². The van der Waals surface area contributed by atoms with E-state index in [1.54, 1.807) is 18.2 Å². The minimum Gasteiger partial charge on any atom is -0.371 e. The number of nitrogens with one attached hydrogen (secondary N) is 1. The Balaban J connectivity index is 1.74. The van der Waals surface area contributed by atoms with E-state index < -0.39 is 20.7 Å². The zero-order valence-corrected chi connectivity index (χ0v) is 15.6. The first-order valence-corrected chi connectivity index (χ1v) is 9.92. The van der Waals surface area contributed by atoms with E-state index in [4.69, 9.17) is 0 Å². The molecule has 3 aromatic carbocycles. The molecule has 0 amide bonds. The summed E-state index contributed by atoms with van der Waals surface area (Å²) in [6.45, 7) is 1.29. The van der Waals surface area contributed by atoms with Gasteiger partial charge in [0.05, 0.1) is 9.82 Å². The fourth-order valence-corrected chi connectivity index (χ4v) is 4.87. The van der Waals surface area contributed by atoms with Crippen molar-refractivity contribution in [2.24, 2.45) is 0 Å². The number of sulfonamides is 1. The maximum absolute atomic E-state index is 13.1. The highest BCUT2D eigenvalue weighted by atomic mass is 32.2. The number of nitro benzene ring substituents is 1. The van der Waals surface area contributed by atoms with Crippen LogP contribution >= 0.6 is 0 Å². The van der Waals surface area contributed by atoms with Gasteiger partial charge in [-0.1, -0.05) is 36.4 Å². The van der Waals surface area contributed by atoms with Gasteiger partial charge >= 0.3 is 0 Å². The summed E-state index contributed by atoms with van der Waals surface area (Å²) in [5.74, 6) is 0. The Hall–Kier alpha value is -3.07. The molecule has 8 heteroatoms. The van der Waals surface area contributed by atoms with Crippen LogP contribution in [0.4, 0.5) is 5.69 Å². The monoisotopic (exact) mass is 396 g/mol. The second-order valence-electron chi connectivity index (χ2n) is 6.74. The Kier molecular flexibility index (Phi) is 4.07. The summed E-state index contributed by atoms with van der Waals surface area (Å²) in [4.78, 5) is 10.3. The van der Waals surface area contributed by atoms with Crippen LogP contribution in [-0.4, -0.2) is 18.4 Å². The number of aliphatic hydroxyl groups is 1. The zero-order valence-electron chi connectivity index (χ0n) is 14.8. The molecule has 0 saturated heterocycles. The fourth-order valence-electron chi connectivity index (χ4n) is 3.41. The molecule has 2 N–H and O–H groups in total. The van der Waals surface area contributed by atoms with E-state index in [1.165, 1.54) is 37.3 Å². The molecule has 142 valence electrons. The Morgan fingerprint density at radius 2 is 1.64 bits per heavy atom. The molecular formula is C20H16N2O5S. The number of hydrogen-bond donors (Lipinski definition) is 2. The van der Waals surface area contributed by atoms with Crippen molar-refractivity contribution in [3.63, 3.8) is 0 Å². The van der Waals surface area contributed by atoms with E-state index in [9.17, 15) is 23.6 Å². The van der Waals surface area contributed by atoms with Gasteiger partial charge in [0.2, 0.25) is 10.0 Å². The van der Waals surface area contributed by atoms with Crippen LogP contribution in [0, 0.1) is 10.1 Å². The number of nitrogens with zero attached hydrogens (tertiary/aromatic N) is 1. The lowest BCUT2D eigenvalue weighted by Gasteiger charge is -2.25. The molecule has 0 radical (unpaired) electrons. The van der Waals surface area contributed by atoms with Crippen LogP contribution in [-0.2, 0) is 15.7 Å². The lowest BCUT2D eigenvalue weighted by atomic mass is 10.0. The normalized spacial score (nSPS) is 14.9. The Morgan fingerprint density at radius 3 is 2.29 bits per heavy atom. The fraction of sp³-hybridized carbons (Fsp3) is 0.100. The first-order valence-electron chi connectivity index (χ1n) is 8.44. The van der Waals surface area contributed by atoms with Gasteiger partial charge in [-0.25, -0.2) is 8.42 Å². The van der Waals surface area contributed by atoms with Crippen LogP contribution in [0.15, 0.2) is 59.5 Å². The van der Waals surface area contributed by atoms with Crippen molar-refractivity contribution in [3.8, 4) is 0 Å². The predicted octanol–water partition coefficient (Wildman–Crippen LogP) is 3.38. The zero-order chi connectivity index (χ0) is 20.1. The van der Waals surface area contributed by atoms with Crippen molar-refractivity contribution in [2.45, 2.75) is 17.5 Å². The molecule has 0 bridgehead atoms. The molecule has 7 nitrogen and oxygen atoms in total. The summed E-state index contributed by atoms with van der Waals surface area (Å²) < 4.78 is 28.4. The third-order valence-electron chi connectivity index (χ3n) is 4.77.